The van der Waals surface area contributed by atoms with E-state index in [-0.39, 0.29) is 18.0 Å². The van der Waals surface area contributed by atoms with E-state index in [1.807, 2.05) is 39.0 Å². The van der Waals surface area contributed by atoms with Crippen molar-refractivity contribution in [1.82, 2.24) is 10.2 Å². The van der Waals surface area contributed by atoms with Gasteiger partial charge < -0.3 is 15.0 Å². The molecule has 1 aliphatic carbocycles. The van der Waals surface area contributed by atoms with Gasteiger partial charge in [0.1, 0.15) is 5.60 Å². The van der Waals surface area contributed by atoms with Crippen molar-refractivity contribution < 1.29 is 14.3 Å². The summed E-state index contributed by atoms with van der Waals surface area (Å²) in [4.78, 5) is 26.8. The van der Waals surface area contributed by atoms with Crippen LogP contribution in [0, 0.1) is 5.92 Å². The predicted octanol–water partition coefficient (Wildman–Crippen LogP) is 5.33. The molecule has 1 aliphatic heterocycles. The minimum absolute atomic E-state index is 0.0676. The Labute approximate surface area is 184 Å². The zero-order chi connectivity index (χ0) is 21.7. The second kappa shape index (κ2) is 9.69. The highest BCUT2D eigenvalue weighted by Gasteiger charge is 2.29. The third kappa shape index (κ3) is 6.36. The Bertz CT molecular complexity index is 819. The fraction of sp³-hybridized carbons (Fsp3) is 0.500. The van der Waals surface area contributed by atoms with E-state index in [0.29, 0.717) is 36.0 Å². The molecule has 0 spiro atoms. The summed E-state index contributed by atoms with van der Waals surface area (Å²) in [6.07, 6.45) is 6.45. The number of allylic oxidation sites excluding steroid dienone is 3. The zero-order valence-electron chi connectivity index (χ0n) is 18.0. The number of hydrogen-bond donors (Lipinski definition) is 1. The number of nitrogens with one attached hydrogen (secondary N) is 1. The summed E-state index contributed by atoms with van der Waals surface area (Å²) in [5.74, 6) is 0.357. The SMILES string of the molecule is CC(C)(C)OC(=O)N1CCC(CC(NC(=O)C2=CC=C(Cl)C2)c2ccccc2)CC1. The average Bonchev–Trinajstić information content (AvgIpc) is 3.14. The molecule has 0 radical (unpaired) electrons. The van der Waals surface area contributed by atoms with Gasteiger partial charge in [-0.2, -0.15) is 0 Å². The minimum atomic E-state index is -0.483. The van der Waals surface area contributed by atoms with Crippen molar-refractivity contribution in [3.8, 4) is 0 Å². The number of amides is 2. The van der Waals surface area contributed by atoms with Gasteiger partial charge in [0.2, 0.25) is 5.91 Å². The molecule has 1 aromatic carbocycles. The number of rotatable bonds is 5. The Hall–Kier alpha value is -2.27. The highest BCUT2D eigenvalue weighted by atomic mass is 35.5. The first kappa shape index (κ1) is 22.4. The van der Waals surface area contributed by atoms with Crippen LogP contribution in [0.3, 0.4) is 0 Å². The van der Waals surface area contributed by atoms with Gasteiger partial charge in [-0.15, -0.1) is 0 Å². The Kier molecular flexibility index (Phi) is 7.24. The molecular weight excluding hydrogens is 400 g/mol. The molecule has 1 unspecified atom stereocenters. The monoisotopic (exact) mass is 430 g/mol. The number of benzene rings is 1. The van der Waals surface area contributed by atoms with Crippen LogP contribution in [0.1, 0.15) is 58.1 Å². The summed E-state index contributed by atoms with van der Waals surface area (Å²) in [6.45, 7) is 7.01. The number of ether oxygens (including phenoxy) is 1. The van der Waals surface area contributed by atoms with Crippen molar-refractivity contribution in [2.24, 2.45) is 5.92 Å². The van der Waals surface area contributed by atoms with Crippen LogP contribution < -0.4 is 5.32 Å². The zero-order valence-corrected chi connectivity index (χ0v) is 18.7. The first-order chi connectivity index (χ1) is 14.2. The summed E-state index contributed by atoms with van der Waals surface area (Å²) in [5.41, 5.74) is 1.31. The fourth-order valence-electron chi connectivity index (χ4n) is 3.87. The molecule has 162 valence electrons. The van der Waals surface area contributed by atoms with Crippen LogP contribution in [0.15, 0.2) is 53.1 Å². The number of hydrogen-bond acceptors (Lipinski definition) is 3. The summed E-state index contributed by atoms with van der Waals surface area (Å²) < 4.78 is 5.49. The molecule has 1 aromatic rings. The molecule has 30 heavy (non-hydrogen) atoms. The third-order valence-electron chi connectivity index (χ3n) is 5.46. The van der Waals surface area contributed by atoms with Crippen LogP contribution in [-0.4, -0.2) is 35.6 Å². The van der Waals surface area contributed by atoms with Gasteiger partial charge in [0.25, 0.3) is 0 Å². The lowest BCUT2D eigenvalue weighted by Gasteiger charge is -2.35. The van der Waals surface area contributed by atoms with E-state index in [1.54, 1.807) is 17.1 Å². The number of piperidine rings is 1. The number of halogens is 1. The third-order valence-corrected chi connectivity index (χ3v) is 5.72. The van der Waals surface area contributed by atoms with E-state index >= 15 is 0 Å². The van der Waals surface area contributed by atoms with Gasteiger partial charge in [0, 0.05) is 30.1 Å². The summed E-state index contributed by atoms with van der Waals surface area (Å²) in [6, 6.07) is 9.99. The van der Waals surface area contributed by atoms with Crippen LogP contribution in [0.4, 0.5) is 4.79 Å². The van der Waals surface area contributed by atoms with Crippen molar-refractivity contribution >= 4 is 23.6 Å². The second-order valence-electron chi connectivity index (χ2n) is 9.07. The van der Waals surface area contributed by atoms with Gasteiger partial charge in [-0.3, -0.25) is 4.79 Å². The largest absolute Gasteiger partial charge is 0.444 e. The molecule has 1 fully saturated rings. The van der Waals surface area contributed by atoms with Gasteiger partial charge in [-0.1, -0.05) is 48.0 Å². The first-order valence-electron chi connectivity index (χ1n) is 10.6. The molecule has 0 saturated carbocycles. The van der Waals surface area contributed by atoms with Crippen molar-refractivity contribution in [1.29, 1.82) is 0 Å². The molecule has 1 atom stereocenters. The highest BCUT2D eigenvalue weighted by Crippen LogP contribution is 2.30. The normalized spacial score (nSPS) is 18.5. The first-order valence-corrected chi connectivity index (χ1v) is 11.0. The molecule has 2 aliphatic rings. The van der Waals surface area contributed by atoms with Gasteiger partial charge in [0.15, 0.2) is 0 Å². The highest BCUT2D eigenvalue weighted by molar-refractivity contribution is 6.30. The van der Waals surface area contributed by atoms with E-state index in [1.165, 1.54) is 0 Å². The van der Waals surface area contributed by atoms with Crippen LogP contribution in [0.2, 0.25) is 0 Å². The van der Waals surface area contributed by atoms with E-state index in [4.69, 9.17) is 16.3 Å². The van der Waals surface area contributed by atoms with Crippen LogP contribution in [0.5, 0.6) is 0 Å². The maximum Gasteiger partial charge on any atom is 0.410 e. The average molecular weight is 431 g/mol. The molecule has 3 rings (SSSR count). The molecule has 0 bridgehead atoms. The number of likely N-dealkylation sites (tertiary alicyclic amines) is 1. The Morgan fingerprint density at radius 1 is 1.17 bits per heavy atom. The molecule has 1 saturated heterocycles. The van der Waals surface area contributed by atoms with Gasteiger partial charge in [-0.25, -0.2) is 4.79 Å². The van der Waals surface area contributed by atoms with Crippen molar-refractivity contribution in [2.45, 2.75) is 58.1 Å². The summed E-state index contributed by atoms with van der Waals surface area (Å²) in [7, 11) is 0. The topological polar surface area (TPSA) is 58.6 Å². The van der Waals surface area contributed by atoms with Crippen LogP contribution in [0.25, 0.3) is 0 Å². The molecule has 1 N–H and O–H groups in total. The smallest absolute Gasteiger partial charge is 0.410 e. The predicted molar refractivity (Wildman–Crippen MR) is 119 cm³/mol. The molecule has 5 nitrogen and oxygen atoms in total. The number of carbonyl (C=O) groups is 2. The summed E-state index contributed by atoms with van der Waals surface area (Å²) >= 11 is 6.03. The van der Waals surface area contributed by atoms with Gasteiger partial charge in [0.05, 0.1) is 6.04 Å². The van der Waals surface area contributed by atoms with Crippen molar-refractivity contribution in [3.05, 3.63) is 58.7 Å². The lowest BCUT2D eigenvalue weighted by molar-refractivity contribution is -0.118. The lowest BCUT2D eigenvalue weighted by Crippen LogP contribution is -2.42. The van der Waals surface area contributed by atoms with Crippen molar-refractivity contribution in [2.75, 3.05) is 13.1 Å². The molecule has 1 heterocycles. The lowest BCUT2D eigenvalue weighted by atomic mass is 9.87. The Morgan fingerprint density at radius 3 is 2.40 bits per heavy atom. The quantitative estimate of drug-likeness (QED) is 0.686. The molecule has 2 amide bonds. The van der Waals surface area contributed by atoms with Crippen LogP contribution in [-0.2, 0) is 9.53 Å². The van der Waals surface area contributed by atoms with Gasteiger partial charge in [-0.05, 0) is 57.6 Å². The molecule has 6 heteroatoms. The van der Waals surface area contributed by atoms with Gasteiger partial charge >= 0.3 is 6.09 Å². The fourth-order valence-corrected chi connectivity index (χ4v) is 4.08. The number of nitrogens with zero attached hydrogens (tertiary/aromatic N) is 1. The van der Waals surface area contributed by atoms with E-state index in [9.17, 15) is 9.59 Å². The minimum Gasteiger partial charge on any atom is -0.444 e. The second-order valence-corrected chi connectivity index (χ2v) is 9.55. The van der Waals surface area contributed by atoms with E-state index in [2.05, 4.69) is 17.4 Å². The van der Waals surface area contributed by atoms with E-state index in [0.717, 1.165) is 24.8 Å². The standard InChI is InChI=1S/C24H31ClN2O3/c1-24(2,3)30-23(29)27-13-11-17(12-14-27)15-21(18-7-5-4-6-8-18)26-22(28)19-9-10-20(25)16-19/h4-10,17,21H,11-16H2,1-3H3,(H,26,28). The summed E-state index contributed by atoms with van der Waals surface area (Å²) in [5, 5.41) is 3.89. The van der Waals surface area contributed by atoms with Crippen molar-refractivity contribution in [3.63, 3.8) is 0 Å². The Balaban J connectivity index is 1.59. The number of carbonyl (C=O) groups excluding carboxylic acids is 2. The molecule has 0 aromatic heterocycles. The maximum atomic E-state index is 12.7. The molecular formula is C24H31ClN2O3. The Morgan fingerprint density at radius 2 is 1.83 bits per heavy atom. The maximum absolute atomic E-state index is 12.7. The van der Waals surface area contributed by atoms with Crippen LogP contribution >= 0.6 is 11.6 Å². The van der Waals surface area contributed by atoms with E-state index < -0.39 is 5.60 Å².